The van der Waals surface area contributed by atoms with Crippen molar-refractivity contribution in [1.82, 2.24) is 5.32 Å². The zero-order chi connectivity index (χ0) is 18.9. The molecule has 2 aromatic carbocycles. The van der Waals surface area contributed by atoms with Crippen molar-refractivity contribution in [3.63, 3.8) is 0 Å². The van der Waals surface area contributed by atoms with E-state index in [9.17, 15) is 4.79 Å². The summed E-state index contributed by atoms with van der Waals surface area (Å²) in [5, 5.41) is 6.30. The van der Waals surface area contributed by atoms with Crippen molar-refractivity contribution in [3.05, 3.63) is 59.7 Å². The minimum Gasteiger partial charge on any atom is -0.495 e. The van der Waals surface area contributed by atoms with Crippen LogP contribution in [0.15, 0.2) is 48.5 Å². The smallest absolute Gasteiger partial charge is 0.238 e. The van der Waals surface area contributed by atoms with Gasteiger partial charge >= 0.3 is 0 Å². The van der Waals surface area contributed by atoms with Gasteiger partial charge in [0.05, 0.1) is 19.3 Å². The summed E-state index contributed by atoms with van der Waals surface area (Å²) >= 11 is 0. The minimum absolute atomic E-state index is 0.0808. The van der Waals surface area contributed by atoms with Gasteiger partial charge in [0.15, 0.2) is 0 Å². The van der Waals surface area contributed by atoms with E-state index in [1.165, 1.54) is 11.1 Å². The average molecular weight is 354 g/mol. The number of hydrogen-bond acceptors (Lipinski definition) is 3. The molecule has 0 aromatic heterocycles. The molecule has 4 nitrogen and oxygen atoms in total. The van der Waals surface area contributed by atoms with Crippen molar-refractivity contribution in [2.45, 2.75) is 39.7 Å². The first-order valence-electron chi connectivity index (χ1n) is 9.30. The predicted octanol–water partition coefficient (Wildman–Crippen LogP) is 4.57. The highest BCUT2D eigenvalue weighted by Gasteiger charge is 2.17. The zero-order valence-corrected chi connectivity index (χ0v) is 16.2. The van der Waals surface area contributed by atoms with Crippen LogP contribution in [0.5, 0.6) is 5.75 Å². The van der Waals surface area contributed by atoms with Crippen LogP contribution in [0.2, 0.25) is 0 Å². The van der Waals surface area contributed by atoms with E-state index < -0.39 is 0 Å². The number of methoxy groups -OCH3 is 1. The van der Waals surface area contributed by atoms with E-state index in [4.69, 9.17) is 4.74 Å². The number of carbonyl (C=O) groups is 1. The van der Waals surface area contributed by atoms with E-state index in [0.29, 0.717) is 17.4 Å². The molecule has 0 unspecified atom stereocenters. The molecule has 2 N–H and O–H groups in total. The van der Waals surface area contributed by atoms with Crippen LogP contribution in [0.4, 0.5) is 5.69 Å². The summed E-state index contributed by atoms with van der Waals surface area (Å²) in [4.78, 5) is 12.3. The SMILES string of the molecule is CCCc1ccc([C@H](NCC(=O)Nc2ccccc2OC)C(C)C)cc1. The molecule has 1 amide bonds. The summed E-state index contributed by atoms with van der Waals surface area (Å²) in [6.45, 7) is 6.76. The fourth-order valence-electron chi connectivity index (χ4n) is 3.06. The van der Waals surface area contributed by atoms with E-state index in [-0.39, 0.29) is 18.5 Å². The largest absolute Gasteiger partial charge is 0.495 e. The second-order valence-corrected chi connectivity index (χ2v) is 6.84. The summed E-state index contributed by atoms with van der Waals surface area (Å²) < 4.78 is 5.28. The highest BCUT2D eigenvalue weighted by molar-refractivity contribution is 5.93. The van der Waals surface area contributed by atoms with E-state index in [1.807, 2.05) is 24.3 Å². The van der Waals surface area contributed by atoms with Crippen LogP contribution >= 0.6 is 0 Å². The lowest BCUT2D eigenvalue weighted by molar-refractivity contribution is -0.115. The molecule has 4 heteroatoms. The first-order chi connectivity index (χ1) is 12.5. The van der Waals surface area contributed by atoms with Crippen LogP contribution in [-0.2, 0) is 11.2 Å². The Kier molecular flexibility index (Phi) is 7.67. The Hall–Kier alpha value is -2.33. The molecule has 0 saturated heterocycles. The molecular weight excluding hydrogens is 324 g/mol. The number of carbonyl (C=O) groups excluding carboxylic acids is 1. The highest BCUT2D eigenvalue weighted by atomic mass is 16.5. The number of ether oxygens (including phenoxy) is 1. The molecule has 0 aliphatic carbocycles. The molecule has 0 saturated carbocycles. The average Bonchev–Trinajstić information content (AvgIpc) is 2.63. The monoisotopic (exact) mass is 354 g/mol. The molecule has 0 radical (unpaired) electrons. The Morgan fingerprint density at radius 1 is 1.08 bits per heavy atom. The van der Waals surface area contributed by atoms with Crippen molar-refractivity contribution in [1.29, 1.82) is 0 Å². The van der Waals surface area contributed by atoms with Crippen LogP contribution in [-0.4, -0.2) is 19.6 Å². The fourth-order valence-corrected chi connectivity index (χ4v) is 3.06. The van der Waals surface area contributed by atoms with Gasteiger partial charge in [-0.15, -0.1) is 0 Å². The van der Waals surface area contributed by atoms with Crippen molar-refractivity contribution in [2.75, 3.05) is 19.0 Å². The van der Waals surface area contributed by atoms with Gasteiger partial charge in [-0.1, -0.05) is 63.6 Å². The summed E-state index contributed by atoms with van der Waals surface area (Å²) in [6, 6.07) is 16.3. The lowest BCUT2D eigenvalue weighted by Gasteiger charge is -2.23. The van der Waals surface area contributed by atoms with Crippen molar-refractivity contribution in [2.24, 2.45) is 5.92 Å². The molecule has 0 aliphatic rings. The summed E-state index contributed by atoms with van der Waals surface area (Å²) in [5.74, 6) is 0.960. The van der Waals surface area contributed by atoms with Gasteiger partial charge in [-0.25, -0.2) is 0 Å². The van der Waals surface area contributed by atoms with Crippen molar-refractivity contribution < 1.29 is 9.53 Å². The number of amides is 1. The van der Waals surface area contributed by atoms with Gasteiger partial charge in [0.1, 0.15) is 5.75 Å². The van der Waals surface area contributed by atoms with Crippen LogP contribution in [0, 0.1) is 5.92 Å². The third-order valence-corrected chi connectivity index (χ3v) is 4.41. The topological polar surface area (TPSA) is 50.4 Å². The van der Waals surface area contributed by atoms with Crippen LogP contribution < -0.4 is 15.4 Å². The summed E-state index contributed by atoms with van der Waals surface area (Å²) in [6.07, 6.45) is 2.25. The maximum absolute atomic E-state index is 12.3. The Balaban J connectivity index is 1.98. The van der Waals surface area contributed by atoms with Gasteiger partial charge in [0.25, 0.3) is 0 Å². The highest BCUT2D eigenvalue weighted by Crippen LogP contribution is 2.24. The zero-order valence-electron chi connectivity index (χ0n) is 16.2. The Morgan fingerprint density at radius 3 is 2.38 bits per heavy atom. The van der Waals surface area contributed by atoms with Crippen LogP contribution in [0.25, 0.3) is 0 Å². The van der Waals surface area contributed by atoms with Gasteiger partial charge in [-0.05, 0) is 35.6 Å². The lowest BCUT2D eigenvalue weighted by atomic mass is 9.94. The number of benzene rings is 2. The van der Waals surface area contributed by atoms with E-state index in [1.54, 1.807) is 7.11 Å². The molecule has 0 aliphatic heterocycles. The molecule has 26 heavy (non-hydrogen) atoms. The Bertz CT molecular complexity index is 696. The quantitative estimate of drug-likeness (QED) is 0.693. The van der Waals surface area contributed by atoms with Gasteiger partial charge in [0.2, 0.25) is 5.91 Å². The minimum atomic E-state index is -0.0808. The first kappa shape index (κ1) is 20.0. The first-order valence-corrected chi connectivity index (χ1v) is 9.30. The molecule has 0 fully saturated rings. The Morgan fingerprint density at radius 2 is 1.77 bits per heavy atom. The summed E-state index contributed by atoms with van der Waals surface area (Å²) in [7, 11) is 1.60. The van der Waals surface area contributed by atoms with Crippen molar-refractivity contribution >= 4 is 11.6 Å². The molecule has 0 spiro atoms. The number of nitrogens with one attached hydrogen (secondary N) is 2. The number of rotatable bonds is 9. The lowest BCUT2D eigenvalue weighted by Crippen LogP contribution is -2.33. The predicted molar refractivity (Wildman–Crippen MR) is 108 cm³/mol. The van der Waals surface area contributed by atoms with Gasteiger partial charge in [-0.2, -0.15) is 0 Å². The molecular formula is C22H30N2O2. The number of anilines is 1. The van der Waals surface area contributed by atoms with Gasteiger partial charge in [-0.3, -0.25) is 4.79 Å². The third kappa shape index (κ3) is 5.60. The number of para-hydroxylation sites is 2. The van der Waals surface area contributed by atoms with E-state index in [2.05, 4.69) is 55.7 Å². The maximum Gasteiger partial charge on any atom is 0.238 e. The number of aryl methyl sites for hydroxylation is 1. The number of hydrogen-bond donors (Lipinski definition) is 2. The fraction of sp³-hybridized carbons (Fsp3) is 0.409. The molecule has 2 rings (SSSR count). The van der Waals surface area contributed by atoms with Gasteiger partial charge < -0.3 is 15.4 Å². The van der Waals surface area contributed by atoms with E-state index >= 15 is 0 Å². The summed E-state index contributed by atoms with van der Waals surface area (Å²) in [5.41, 5.74) is 3.25. The standard InChI is InChI=1S/C22H30N2O2/c1-5-8-17-11-13-18(14-12-17)22(16(2)3)23-15-21(25)24-19-9-6-7-10-20(19)26-4/h6-7,9-14,16,22-23H,5,8,15H2,1-4H3,(H,24,25)/t22-/m1/s1. The van der Waals surface area contributed by atoms with Gasteiger partial charge in [0, 0.05) is 6.04 Å². The maximum atomic E-state index is 12.3. The molecule has 0 bridgehead atoms. The van der Waals surface area contributed by atoms with Crippen LogP contribution in [0.3, 0.4) is 0 Å². The Labute approximate surface area is 157 Å². The molecule has 2 aromatic rings. The second-order valence-electron chi connectivity index (χ2n) is 6.84. The normalized spacial score (nSPS) is 12.0. The van der Waals surface area contributed by atoms with Crippen LogP contribution in [0.1, 0.15) is 44.4 Å². The second kappa shape index (κ2) is 9.97. The van der Waals surface area contributed by atoms with E-state index in [0.717, 1.165) is 12.8 Å². The third-order valence-electron chi connectivity index (χ3n) is 4.41. The van der Waals surface area contributed by atoms with Crippen molar-refractivity contribution in [3.8, 4) is 5.75 Å². The molecule has 140 valence electrons. The molecule has 0 heterocycles. The molecule has 1 atom stereocenters.